The molecule has 0 amide bonds. The van der Waals surface area contributed by atoms with E-state index in [1.807, 2.05) is 55.5 Å². The number of anilines is 1. The van der Waals surface area contributed by atoms with E-state index in [1.165, 1.54) is 0 Å². The zero-order chi connectivity index (χ0) is 13.9. The van der Waals surface area contributed by atoms with Crippen molar-refractivity contribution >= 4 is 33.2 Å². The summed E-state index contributed by atoms with van der Waals surface area (Å²) in [5.74, 6) is 0. The second-order valence-electron chi connectivity index (χ2n) is 4.64. The Bertz CT molecular complexity index is 576. The number of hydrogen-bond acceptors (Lipinski definition) is 2. The molecule has 0 radical (unpaired) electrons. The first-order valence-corrected chi connectivity index (χ1v) is 7.11. The molecule has 0 saturated heterocycles. The molecule has 2 nitrogen and oxygen atoms in total. The van der Waals surface area contributed by atoms with Crippen LogP contribution in [-0.2, 0) is 5.54 Å². The fourth-order valence-corrected chi connectivity index (χ4v) is 2.51. The highest BCUT2D eigenvalue weighted by Crippen LogP contribution is 2.28. The van der Waals surface area contributed by atoms with Gasteiger partial charge in [0.1, 0.15) is 0 Å². The van der Waals surface area contributed by atoms with Crippen LogP contribution in [0.5, 0.6) is 0 Å². The normalized spacial score (nSPS) is 13.9. The fraction of sp³-hybridized carbons (Fsp3) is 0.200. The number of halogens is 2. The van der Waals surface area contributed by atoms with Crippen molar-refractivity contribution in [3.63, 3.8) is 0 Å². The molecular formula is C15H15BrClNO. The molecule has 2 aromatic rings. The standard InChI is InChI=1S/C15H15BrClNO/c1-15(10-19,11-4-2-6-13(17)8-11)18-14-7-3-5-12(16)9-14/h2-9,18-19H,10H2,1H3. The van der Waals surface area contributed by atoms with E-state index in [-0.39, 0.29) is 6.61 Å². The van der Waals surface area contributed by atoms with Crippen LogP contribution in [0.25, 0.3) is 0 Å². The van der Waals surface area contributed by atoms with Crippen molar-refractivity contribution in [2.24, 2.45) is 0 Å². The summed E-state index contributed by atoms with van der Waals surface area (Å²) >= 11 is 9.46. The second-order valence-corrected chi connectivity index (χ2v) is 5.99. The largest absolute Gasteiger partial charge is 0.394 e. The molecule has 1 unspecified atom stereocenters. The summed E-state index contributed by atoms with van der Waals surface area (Å²) in [6.07, 6.45) is 0. The zero-order valence-corrected chi connectivity index (χ0v) is 12.9. The number of aliphatic hydroxyl groups is 1. The van der Waals surface area contributed by atoms with Crippen LogP contribution >= 0.6 is 27.5 Å². The van der Waals surface area contributed by atoms with Gasteiger partial charge in [-0.2, -0.15) is 0 Å². The predicted molar refractivity (Wildman–Crippen MR) is 83.7 cm³/mol. The predicted octanol–water partition coefficient (Wildman–Crippen LogP) is 4.42. The number of benzene rings is 2. The lowest BCUT2D eigenvalue weighted by Crippen LogP contribution is -2.35. The summed E-state index contributed by atoms with van der Waals surface area (Å²) in [6.45, 7) is 1.92. The maximum atomic E-state index is 9.74. The molecular weight excluding hydrogens is 326 g/mol. The summed E-state index contributed by atoms with van der Waals surface area (Å²) < 4.78 is 0.990. The first kappa shape index (κ1) is 14.4. The monoisotopic (exact) mass is 339 g/mol. The van der Waals surface area contributed by atoms with Gasteiger partial charge in [0, 0.05) is 15.2 Å². The van der Waals surface area contributed by atoms with Crippen molar-refractivity contribution in [3.05, 3.63) is 63.6 Å². The number of aliphatic hydroxyl groups excluding tert-OH is 1. The average molecular weight is 341 g/mol. The molecule has 0 heterocycles. The van der Waals surface area contributed by atoms with E-state index in [0.29, 0.717) is 5.02 Å². The third kappa shape index (κ3) is 3.50. The van der Waals surface area contributed by atoms with Crippen LogP contribution in [0.1, 0.15) is 12.5 Å². The number of rotatable bonds is 4. The Morgan fingerprint density at radius 2 is 1.95 bits per heavy atom. The molecule has 0 fully saturated rings. The number of hydrogen-bond donors (Lipinski definition) is 2. The third-order valence-corrected chi connectivity index (χ3v) is 3.75. The smallest absolute Gasteiger partial charge is 0.0828 e. The van der Waals surface area contributed by atoms with E-state index in [1.54, 1.807) is 0 Å². The van der Waals surface area contributed by atoms with E-state index < -0.39 is 5.54 Å². The van der Waals surface area contributed by atoms with E-state index in [0.717, 1.165) is 15.7 Å². The molecule has 100 valence electrons. The van der Waals surface area contributed by atoms with Crippen LogP contribution in [0.2, 0.25) is 5.02 Å². The molecule has 0 aliphatic rings. The Kier molecular flexibility index (Phi) is 4.50. The Balaban J connectivity index is 2.32. The summed E-state index contributed by atoms with van der Waals surface area (Å²) in [7, 11) is 0. The van der Waals surface area contributed by atoms with Gasteiger partial charge in [0.15, 0.2) is 0 Å². The molecule has 2 aromatic carbocycles. The molecule has 1 atom stereocenters. The molecule has 0 spiro atoms. The molecule has 19 heavy (non-hydrogen) atoms. The quantitative estimate of drug-likeness (QED) is 0.863. The van der Waals surface area contributed by atoms with Crippen molar-refractivity contribution < 1.29 is 5.11 Å². The van der Waals surface area contributed by atoms with Crippen LogP contribution < -0.4 is 5.32 Å². The topological polar surface area (TPSA) is 32.3 Å². The van der Waals surface area contributed by atoms with Crippen LogP contribution in [0.15, 0.2) is 53.0 Å². The highest BCUT2D eigenvalue weighted by Gasteiger charge is 2.25. The van der Waals surface area contributed by atoms with Crippen LogP contribution in [0, 0.1) is 0 Å². The molecule has 0 aliphatic heterocycles. The lowest BCUT2D eigenvalue weighted by Gasteiger charge is -2.30. The van der Waals surface area contributed by atoms with Crippen molar-refractivity contribution in [2.45, 2.75) is 12.5 Å². The van der Waals surface area contributed by atoms with E-state index in [2.05, 4.69) is 21.2 Å². The first-order chi connectivity index (χ1) is 9.03. The number of nitrogens with one attached hydrogen (secondary N) is 1. The lowest BCUT2D eigenvalue weighted by molar-refractivity contribution is 0.224. The average Bonchev–Trinajstić information content (AvgIpc) is 2.38. The van der Waals surface area contributed by atoms with Gasteiger partial charge in [0.05, 0.1) is 12.1 Å². The van der Waals surface area contributed by atoms with E-state index in [9.17, 15) is 5.11 Å². The minimum Gasteiger partial charge on any atom is -0.394 e. The highest BCUT2D eigenvalue weighted by molar-refractivity contribution is 9.10. The van der Waals surface area contributed by atoms with Gasteiger partial charge in [-0.15, -0.1) is 0 Å². The molecule has 2 rings (SSSR count). The Morgan fingerprint density at radius 1 is 1.21 bits per heavy atom. The first-order valence-electron chi connectivity index (χ1n) is 5.94. The van der Waals surface area contributed by atoms with Crippen molar-refractivity contribution in [2.75, 3.05) is 11.9 Å². The summed E-state index contributed by atoms with van der Waals surface area (Å²) in [6, 6.07) is 15.4. The van der Waals surface area contributed by atoms with Crippen molar-refractivity contribution in [1.82, 2.24) is 0 Å². The van der Waals surface area contributed by atoms with Gasteiger partial charge in [-0.05, 0) is 42.8 Å². The maximum absolute atomic E-state index is 9.74. The van der Waals surface area contributed by atoms with Gasteiger partial charge in [-0.25, -0.2) is 0 Å². The Hall–Kier alpha value is -1.03. The Labute approximate surface area is 126 Å². The maximum Gasteiger partial charge on any atom is 0.0828 e. The minimum atomic E-state index is -0.578. The molecule has 4 heteroatoms. The van der Waals surface area contributed by atoms with Crippen molar-refractivity contribution in [1.29, 1.82) is 0 Å². The minimum absolute atomic E-state index is 0.0279. The molecule has 0 bridgehead atoms. The van der Waals surface area contributed by atoms with Gasteiger partial charge in [-0.3, -0.25) is 0 Å². The van der Waals surface area contributed by atoms with Gasteiger partial charge in [0.25, 0.3) is 0 Å². The Morgan fingerprint density at radius 3 is 2.58 bits per heavy atom. The van der Waals surface area contributed by atoms with Crippen LogP contribution in [-0.4, -0.2) is 11.7 Å². The fourth-order valence-electron chi connectivity index (χ4n) is 1.92. The lowest BCUT2D eigenvalue weighted by atomic mass is 9.92. The van der Waals surface area contributed by atoms with Gasteiger partial charge < -0.3 is 10.4 Å². The SMILES string of the molecule is CC(CO)(Nc1cccc(Br)c1)c1cccc(Cl)c1. The summed E-state index contributed by atoms with van der Waals surface area (Å²) in [5.41, 5.74) is 1.31. The highest BCUT2D eigenvalue weighted by atomic mass is 79.9. The summed E-state index contributed by atoms with van der Waals surface area (Å²) in [5, 5.41) is 13.8. The van der Waals surface area contributed by atoms with Gasteiger partial charge in [0.2, 0.25) is 0 Å². The van der Waals surface area contributed by atoms with Crippen molar-refractivity contribution in [3.8, 4) is 0 Å². The van der Waals surface area contributed by atoms with Crippen LogP contribution in [0.4, 0.5) is 5.69 Å². The van der Waals surface area contributed by atoms with Crippen LogP contribution in [0.3, 0.4) is 0 Å². The molecule has 0 saturated carbocycles. The van der Waals surface area contributed by atoms with E-state index >= 15 is 0 Å². The zero-order valence-electron chi connectivity index (χ0n) is 10.5. The molecule has 0 aromatic heterocycles. The second kappa shape index (κ2) is 5.95. The van der Waals surface area contributed by atoms with E-state index in [4.69, 9.17) is 11.6 Å². The summed E-state index contributed by atoms with van der Waals surface area (Å²) in [4.78, 5) is 0. The van der Waals surface area contributed by atoms with Gasteiger partial charge in [-0.1, -0.05) is 45.7 Å². The molecule has 0 aliphatic carbocycles. The van der Waals surface area contributed by atoms with Gasteiger partial charge >= 0.3 is 0 Å². The third-order valence-electron chi connectivity index (χ3n) is 3.02. The molecule has 2 N–H and O–H groups in total.